The molecule has 20 heavy (non-hydrogen) atoms. The Hall–Kier alpha value is -0.880. The second-order valence-electron chi connectivity index (χ2n) is 3.88. The van der Waals surface area contributed by atoms with Crippen LogP contribution in [0.25, 0.3) is 0 Å². The highest BCUT2D eigenvalue weighted by Crippen LogP contribution is 2.28. The third-order valence-corrected chi connectivity index (χ3v) is 3.49. The van der Waals surface area contributed by atoms with Gasteiger partial charge in [0.05, 0.1) is 5.69 Å². The minimum Gasteiger partial charge on any atom is -0.374 e. The molecule has 1 N–H and O–H groups in total. The standard InChI is InChI=1S/C13H12BrCl2N3O/c1-2-20-7-13-18-11(16)6-12(19-13)17-10-5-8(15)3-4-9(10)14/h3-6H,2,7H2,1H3,(H,17,18,19). The van der Waals surface area contributed by atoms with Crippen molar-refractivity contribution in [1.82, 2.24) is 9.97 Å². The molecule has 0 atom stereocenters. The van der Waals surface area contributed by atoms with Crippen molar-refractivity contribution >= 4 is 50.6 Å². The van der Waals surface area contributed by atoms with Crippen LogP contribution in [0.15, 0.2) is 28.7 Å². The molecule has 4 nitrogen and oxygen atoms in total. The summed E-state index contributed by atoms with van der Waals surface area (Å²) in [7, 11) is 0. The Morgan fingerprint density at radius 2 is 2.05 bits per heavy atom. The molecule has 0 aliphatic rings. The van der Waals surface area contributed by atoms with E-state index in [4.69, 9.17) is 27.9 Å². The molecule has 0 amide bonds. The molecule has 0 saturated carbocycles. The molecule has 0 unspecified atom stereocenters. The van der Waals surface area contributed by atoms with Crippen LogP contribution in [0.3, 0.4) is 0 Å². The molecule has 1 aromatic heterocycles. The van der Waals surface area contributed by atoms with Gasteiger partial charge in [-0.1, -0.05) is 23.2 Å². The molecule has 0 aliphatic carbocycles. The van der Waals surface area contributed by atoms with Crippen LogP contribution in [-0.2, 0) is 11.3 Å². The number of nitrogens with zero attached hydrogens (tertiary/aromatic N) is 2. The van der Waals surface area contributed by atoms with Gasteiger partial charge in [-0.05, 0) is 41.1 Å². The number of nitrogens with one attached hydrogen (secondary N) is 1. The van der Waals surface area contributed by atoms with Gasteiger partial charge in [-0.2, -0.15) is 0 Å². The minimum atomic E-state index is 0.322. The summed E-state index contributed by atoms with van der Waals surface area (Å²) in [5, 5.41) is 4.14. The third-order valence-electron chi connectivity index (χ3n) is 2.37. The number of halogens is 3. The zero-order valence-electron chi connectivity index (χ0n) is 10.7. The molecule has 0 saturated heterocycles. The van der Waals surface area contributed by atoms with E-state index in [1.54, 1.807) is 18.2 Å². The van der Waals surface area contributed by atoms with Gasteiger partial charge in [0, 0.05) is 22.2 Å². The van der Waals surface area contributed by atoms with E-state index in [9.17, 15) is 0 Å². The first-order chi connectivity index (χ1) is 9.58. The molecule has 7 heteroatoms. The van der Waals surface area contributed by atoms with Gasteiger partial charge >= 0.3 is 0 Å². The largest absolute Gasteiger partial charge is 0.374 e. The summed E-state index contributed by atoms with van der Waals surface area (Å²) in [6.45, 7) is 2.83. The summed E-state index contributed by atoms with van der Waals surface area (Å²) in [4.78, 5) is 8.45. The topological polar surface area (TPSA) is 47.0 Å². The van der Waals surface area contributed by atoms with Crippen LogP contribution < -0.4 is 5.32 Å². The van der Waals surface area contributed by atoms with Crippen molar-refractivity contribution in [3.05, 3.63) is 44.7 Å². The summed E-state index contributed by atoms with van der Waals surface area (Å²) in [5.74, 6) is 1.11. The van der Waals surface area contributed by atoms with Crippen molar-refractivity contribution in [3.63, 3.8) is 0 Å². The Morgan fingerprint density at radius 3 is 2.80 bits per heavy atom. The Kier molecular flexibility index (Phi) is 5.60. The van der Waals surface area contributed by atoms with Gasteiger partial charge in [0.15, 0.2) is 5.82 Å². The monoisotopic (exact) mass is 375 g/mol. The lowest BCUT2D eigenvalue weighted by Crippen LogP contribution is -2.03. The molecule has 2 rings (SSSR count). The highest BCUT2D eigenvalue weighted by atomic mass is 79.9. The van der Waals surface area contributed by atoms with Gasteiger partial charge in [-0.3, -0.25) is 0 Å². The fourth-order valence-corrected chi connectivity index (χ4v) is 2.24. The average molecular weight is 377 g/mol. The van der Waals surface area contributed by atoms with Crippen LogP contribution in [0.2, 0.25) is 10.2 Å². The number of rotatable bonds is 5. The Labute approximate surface area is 135 Å². The number of anilines is 2. The molecule has 1 heterocycles. The van der Waals surface area contributed by atoms with Crippen molar-refractivity contribution < 1.29 is 4.74 Å². The number of ether oxygens (including phenoxy) is 1. The number of aromatic nitrogens is 2. The van der Waals surface area contributed by atoms with Crippen molar-refractivity contribution in [2.24, 2.45) is 0 Å². The first-order valence-corrected chi connectivity index (χ1v) is 7.46. The third kappa shape index (κ3) is 4.31. The van der Waals surface area contributed by atoms with E-state index in [1.807, 2.05) is 13.0 Å². The van der Waals surface area contributed by atoms with Gasteiger partial charge in [-0.25, -0.2) is 9.97 Å². The summed E-state index contributed by atoms with van der Waals surface area (Å²) in [6.07, 6.45) is 0. The fraction of sp³-hybridized carbons (Fsp3) is 0.231. The Bertz CT molecular complexity index is 610. The van der Waals surface area contributed by atoms with Crippen molar-refractivity contribution in [1.29, 1.82) is 0 Å². The zero-order chi connectivity index (χ0) is 14.5. The van der Waals surface area contributed by atoms with Crippen molar-refractivity contribution in [2.75, 3.05) is 11.9 Å². The van der Waals surface area contributed by atoms with Gasteiger partial charge in [0.2, 0.25) is 0 Å². The minimum absolute atomic E-state index is 0.322. The van der Waals surface area contributed by atoms with Crippen molar-refractivity contribution in [3.8, 4) is 0 Å². The van der Waals surface area contributed by atoms with Crippen LogP contribution in [0.1, 0.15) is 12.7 Å². The zero-order valence-corrected chi connectivity index (χ0v) is 13.8. The van der Waals surface area contributed by atoms with E-state index >= 15 is 0 Å². The first-order valence-electron chi connectivity index (χ1n) is 5.91. The molecular weight excluding hydrogens is 365 g/mol. The Morgan fingerprint density at radius 1 is 1.25 bits per heavy atom. The molecular formula is C13H12BrCl2N3O. The number of hydrogen-bond acceptors (Lipinski definition) is 4. The number of benzene rings is 1. The van der Waals surface area contributed by atoms with Crippen LogP contribution in [0.5, 0.6) is 0 Å². The SMILES string of the molecule is CCOCc1nc(Cl)cc(Nc2cc(Cl)ccc2Br)n1. The Balaban J connectivity index is 2.24. The molecule has 0 spiro atoms. The summed E-state index contributed by atoms with van der Waals surface area (Å²) >= 11 is 15.4. The molecule has 106 valence electrons. The molecule has 0 bridgehead atoms. The fourth-order valence-electron chi connectivity index (χ4n) is 1.52. The quantitative estimate of drug-likeness (QED) is 0.759. The van der Waals surface area contributed by atoms with Crippen LogP contribution in [0, 0.1) is 0 Å². The van der Waals surface area contributed by atoms with Crippen LogP contribution in [-0.4, -0.2) is 16.6 Å². The highest BCUT2D eigenvalue weighted by molar-refractivity contribution is 9.10. The molecule has 1 aromatic carbocycles. The predicted molar refractivity (Wildman–Crippen MR) is 84.8 cm³/mol. The lowest BCUT2D eigenvalue weighted by molar-refractivity contribution is 0.128. The van der Waals surface area contributed by atoms with Gasteiger partial charge in [0.25, 0.3) is 0 Å². The molecule has 0 fully saturated rings. The average Bonchev–Trinajstić information content (AvgIpc) is 2.40. The second-order valence-corrected chi connectivity index (χ2v) is 5.56. The second kappa shape index (κ2) is 7.22. The van der Waals surface area contributed by atoms with E-state index < -0.39 is 0 Å². The van der Waals surface area contributed by atoms with Crippen LogP contribution >= 0.6 is 39.1 Å². The lowest BCUT2D eigenvalue weighted by Gasteiger charge is -2.10. The summed E-state index contributed by atoms with van der Waals surface area (Å²) in [5.41, 5.74) is 0.801. The summed E-state index contributed by atoms with van der Waals surface area (Å²) < 4.78 is 6.16. The van der Waals surface area contributed by atoms with Gasteiger partial charge < -0.3 is 10.1 Å². The maximum atomic E-state index is 5.98. The maximum absolute atomic E-state index is 5.98. The van der Waals surface area contributed by atoms with Gasteiger partial charge in [-0.15, -0.1) is 0 Å². The first kappa shape index (κ1) is 15.5. The van der Waals surface area contributed by atoms with Crippen molar-refractivity contribution in [2.45, 2.75) is 13.5 Å². The number of hydrogen-bond donors (Lipinski definition) is 1. The van der Waals surface area contributed by atoms with E-state index in [0.717, 1.165) is 10.2 Å². The van der Waals surface area contributed by atoms with E-state index in [-0.39, 0.29) is 0 Å². The highest BCUT2D eigenvalue weighted by Gasteiger charge is 2.06. The molecule has 0 radical (unpaired) electrons. The van der Waals surface area contributed by atoms with E-state index in [0.29, 0.717) is 35.0 Å². The van der Waals surface area contributed by atoms with Crippen LogP contribution in [0.4, 0.5) is 11.5 Å². The van der Waals surface area contributed by atoms with Gasteiger partial charge in [0.1, 0.15) is 17.6 Å². The molecule has 0 aliphatic heterocycles. The van der Waals surface area contributed by atoms with E-state index in [2.05, 4.69) is 31.2 Å². The normalized spacial score (nSPS) is 10.6. The molecule has 2 aromatic rings. The predicted octanol–water partition coefficient (Wildman–Crippen LogP) is 4.83. The lowest BCUT2D eigenvalue weighted by atomic mass is 10.3. The van der Waals surface area contributed by atoms with E-state index in [1.165, 1.54) is 0 Å². The smallest absolute Gasteiger partial charge is 0.158 e. The summed E-state index contributed by atoms with van der Waals surface area (Å²) in [6, 6.07) is 7.09. The maximum Gasteiger partial charge on any atom is 0.158 e.